The van der Waals surface area contributed by atoms with Gasteiger partial charge in [-0.25, -0.2) is 4.79 Å². The van der Waals surface area contributed by atoms with Gasteiger partial charge in [0.2, 0.25) is 5.78 Å². The summed E-state index contributed by atoms with van der Waals surface area (Å²) < 4.78 is 19.6. The van der Waals surface area contributed by atoms with Crippen LogP contribution >= 0.6 is 0 Å². The van der Waals surface area contributed by atoms with Crippen LogP contribution in [0.5, 0.6) is 11.5 Å². The topological polar surface area (TPSA) is 88.1 Å². The van der Waals surface area contributed by atoms with Gasteiger partial charge in [-0.3, -0.25) is 9.59 Å². The Morgan fingerprint density at radius 2 is 1.90 bits per heavy atom. The van der Waals surface area contributed by atoms with Crippen molar-refractivity contribution < 1.29 is 33.3 Å². The van der Waals surface area contributed by atoms with Gasteiger partial charge >= 0.3 is 11.9 Å². The summed E-state index contributed by atoms with van der Waals surface area (Å²) in [5.74, 6) is -1.74. The highest BCUT2D eigenvalue weighted by atomic mass is 16.6. The van der Waals surface area contributed by atoms with E-state index in [-0.39, 0.29) is 11.3 Å². The second-order valence-electron chi connectivity index (χ2n) is 4.36. The molecule has 1 aliphatic rings. The molecule has 1 heterocycles. The lowest BCUT2D eigenvalue weighted by Crippen LogP contribution is -2.50. The van der Waals surface area contributed by atoms with E-state index >= 15 is 0 Å². The third-order valence-corrected chi connectivity index (χ3v) is 3.22. The number of ketones is 1. The number of esters is 2. The highest BCUT2D eigenvalue weighted by Crippen LogP contribution is 2.39. The van der Waals surface area contributed by atoms with E-state index < -0.39 is 29.7 Å². The van der Waals surface area contributed by atoms with Crippen molar-refractivity contribution >= 4 is 17.7 Å². The maximum atomic E-state index is 12.5. The van der Waals surface area contributed by atoms with E-state index in [9.17, 15) is 14.4 Å². The van der Waals surface area contributed by atoms with Crippen LogP contribution in [-0.4, -0.2) is 44.7 Å². The molecule has 0 fully saturated rings. The Balaban J connectivity index is 2.47. The monoisotopic (exact) mass is 294 g/mol. The lowest BCUT2D eigenvalue weighted by Gasteiger charge is -2.22. The lowest BCUT2D eigenvalue weighted by atomic mass is 9.92. The number of methoxy groups -OCH3 is 3. The zero-order valence-electron chi connectivity index (χ0n) is 11.8. The van der Waals surface area contributed by atoms with Gasteiger partial charge in [-0.1, -0.05) is 0 Å². The summed E-state index contributed by atoms with van der Waals surface area (Å²) >= 11 is 0. The molecule has 7 heteroatoms. The van der Waals surface area contributed by atoms with Gasteiger partial charge in [0.15, 0.2) is 0 Å². The largest absolute Gasteiger partial charge is 0.497 e. The fourth-order valence-corrected chi connectivity index (χ4v) is 2.12. The van der Waals surface area contributed by atoms with Crippen LogP contribution in [0, 0.1) is 0 Å². The number of rotatable bonds is 4. The van der Waals surface area contributed by atoms with E-state index in [0.29, 0.717) is 5.75 Å². The third-order valence-electron chi connectivity index (χ3n) is 3.22. The van der Waals surface area contributed by atoms with Crippen LogP contribution in [-0.2, 0) is 19.1 Å². The van der Waals surface area contributed by atoms with Crippen molar-refractivity contribution in [2.45, 2.75) is 12.0 Å². The Morgan fingerprint density at radius 1 is 1.19 bits per heavy atom. The summed E-state index contributed by atoms with van der Waals surface area (Å²) in [6, 6.07) is 4.52. The molecule has 0 aliphatic carbocycles. The van der Waals surface area contributed by atoms with E-state index in [4.69, 9.17) is 9.47 Å². The molecule has 21 heavy (non-hydrogen) atoms. The third kappa shape index (κ3) is 2.31. The van der Waals surface area contributed by atoms with Crippen molar-refractivity contribution in [3.63, 3.8) is 0 Å². The minimum Gasteiger partial charge on any atom is -0.497 e. The first-order valence-corrected chi connectivity index (χ1v) is 6.05. The molecular formula is C14H14O7. The second kappa shape index (κ2) is 5.43. The smallest absolute Gasteiger partial charge is 0.359 e. The highest BCUT2D eigenvalue weighted by molar-refractivity contribution is 6.20. The Kier molecular flexibility index (Phi) is 3.84. The molecule has 0 bridgehead atoms. The van der Waals surface area contributed by atoms with Crippen LogP contribution in [0.1, 0.15) is 16.8 Å². The van der Waals surface area contributed by atoms with Gasteiger partial charge in [-0.05, 0) is 18.2 Å². The molecule has 1 aromatic carbocycles. The van der Waals surface area contributed by atoms with Gasteiger partial charge in [0.05, 0.1) is 26.9 Å². The Labute approximate surface area is 120 Å². The van der Waals surface area contributed by atoms with E-state index in [2.05, 4.69) is 9.47 Å². The van der Waals surface area contributed by atoms with Crippen LogP contribution in [0.2, 0.25) is 0 Å². The number of hydrogen-bond donors (Lipinski definition) is 0. The maximum Gasteiger partial charge on any atom is 0.359 e. The summed E-state index contributed by atoms with van der Waals surface area (Å²) in [4.78, 5) is 36.1. The normalized spacial score (nSPS) is 19.5. The van der Waals surface area contributed by atoms with Crippen LogP contribution in [0.3, 0.4) is 0 Å². The first-order chi connectivity index (χ1) is 9.98. The number of carbonyl (C=O) groups is 3. The molecule has 0 spiro atoms. The predicted octanol–water partition coefficient (Wildman–Crippen LogP) is 0.745. The van der Waals surface area contributed by atoms with Gasteiger partial charge in [0.25, 0.3) is 5.60 Å². The zero-order valence-corrected chi connectivity index (χ0v) is 11.8. The van der Waals surface area contributed by atoms with Gasteiger partial charge in [-0.2, -0.15) is 0 Å². The van der Waals surface area contributed by atoms with Crippen molar-refractivity contribution in [3.05, 3.63) is 23.8 Å². The van der Waals surface area contributed by atoms with Crippen molar-refractivity contribution in [2.24, 2.45) is 0 Å². The quantitative estimate of drug-likeness (QED) is 0.598. The molecule has 1 aromatic rings. The van der Waals surface area contributed by atoms with Gasteiger partial charge in [-0.15, -0.1) is 0 Å². The Bertz CT molecular complexity index is 607. The Morgan fingerprint density at radius 3 is 2.48 bits per heavy atom. The molecule has 0 aromatic heterocycles. The number of hydrogen-bond acceptors (Lipinski definition) is 7. The standard InChI is InChI=1S/C14H14O7/c1-18-8-4-5-10-9(6-8)12(16)14(21-10,13(17)20-3)7-11(15)19-2/h4-6H,7H2,1-3H3/t14-/m1/s1. The average molecular weight is 294 g/mol. The van der Waals surface area contributed by atoms with E-state index in [1.165, 1.54) is 19.2 Å². The first-order valence-electron chi connectivity index (χ1n) is 6.05. The fourth-order valence-electron chi connectivity index (χ4n) is 2.12. The van der Waals surface area contributed by atoms with E-state index in [1.54, 1.807) is 6.07 Å². The molecule has 0 amide bonds. The van der Waals surface area contributed by atoms with Crippen LogP contribution < -0.4 is 9.47 Å². The predicted molar refractivity (Wildman–Crippen MR) is 69.3 cm³/mol. The molecule has 1 atom stereocenters. The minimum absolute atomic E-state index is 0.156. The van der Waals surface area contributed by atoms with Gasteiger partial charge < -0.3 is 18.9 Å². The Hall–Kier alpha value is -2.57. The van der Waals surface area contributed by atoms with Crippen molar-refractivity contribution in [2.75, 3.05) is 21.3 Å². The summed E-state index contributed by atoms with van der Waals surface area (Å²) in [6.45, 7) is 0. The molecule has 0 saturated carbocycles. The van der Waals surface area contributed by atoms with Crippen molar-refractivity contribution in [3.8, 4) is 11.5 Å². The number of fused-ring (bicyclic) bond motifs is 1. The second-order valence-corrected chi connectivity index (χ2v) is 4.36. The van der Waals surface area contributed by atoms with Crippen LogP contribution in [0.15, 0.2) is 18.2 Å². The number of Topliss-reactive ketones (excluding diaryl/α,β-unsaturated/α-hetero) is 1. The number of carbonyl (C=O) groups excluding carboxylic acids is 3. The molecule has 0 unspecified atom stereocenters. The molecule has 0 N–H and O–H groups in total. The van der Waals surface area contributed by atoms with Crippen molar-refractivity contribution in [1.29, 1.82) is 0 Å². The van der Waals surface area contributed by atoms with Gasteiger partial charge in [0.1, 0.15) is 17.9 Å². The number of ether oxygens (including phenoxy) is 4. The molecule has 112 valence electrons. The van der Waals surface area contributed by atoms with Gasteiger partial charge in [0, 0.05) is 0 Å². The molecule has 1 aliphatic heterocycles. The maximum absolute atomic E-state index is 12.5. The summed E-state index contributed by atoms with van der Waals surface area (Å²) in [5, 5.41) is 0. The minimum atomic E-state index is -2.05. The number of benzene rings is 1. The molecular weight excluding hydrogens is 280 g/mol. The summed E-state index contributed by atoms with van der Waals surface area (Å²) in [6.07, 6.45) is -0.563. The van der Waals surface area contributed by atoms with E-state index in [1.807, 2.05) is 0 Å². The molecule has 2 rings (SSSR count). The first kappa shape index (κ1) is 14.8. The highest BCUT2D eigenvalue weighted by Gasteiger charge is 2.57. The summed E-state index contributed by atoms with van der Waals surface area (Å²) in [7, 11) is 3.72. The average Bonchev–Trinajstić information content (AvgIpc) is 2.79. The van der Waals surface area contributed by atoms with Crippen LogP contribution in [0.4, 0.5) is 0 Å². The van der Waals surface area contributed by atoms with E-state index in [0.717, 1.165) is 14.2 Å². The zero-order chi connectivity index (χ0) is 15.6. The van der Waals surface area contributed by atoms with Crippen molar-refractivity contribution in [1.82, 2.24) is 0 Å². The lowest BCUT2D eigenvalue weighted by molar-refractivity contribution is -0.160. The SMILES string of the molecule is COC(=O)C[C@@]1(C(=O)OC)Oc2ccc(OC)cc2C1=O. The molecule has 0 saturated heterocycles. The summed E-state index contributed by atoms with van der Waals surface area (Å²) in [5.41, 5.74) is -1.89. The van der Waals surface area contributed by atoms with Crippen LogP contribution in [0.25, 0.3) is 0 Å². The molecule has 0 radical (unpaired) electrons. The molecule has 7 nitrogen and oxygen atoms in total. The fraction of sp³-hybridized carbons (Fsp3) is 0.357.